The molecule has 3 N–H and O–H groups in total. The molecule has 1 aliphatic heterocycles. The third-order valence-corrected chi connectivity index (χ3v) is 8.11. The summed E-state index contributed by atoms with van der Waals surface area (Å²) in [7, 11) is 2.17. The van der Waals surface area contributed by atoms with Crippen LogP contribution in [-0.2, 0) is 6.42 Å². The Kier molecular flexibility index (Phi) is 4.62. The second-order valence-electron chi connectivity index (χ2n) is 10.4. The summed E-state index contributed by atoms with van der Waals surface area (Å²) in [5.41, 5.74) is 11.3. The van der Waals surface area contributed by atoms with E-state index < -0.39 is 0 Å². The number of likely N-dealkylation sites (N-methyl/N-ethyl adjacent to an activating group) is 1. The van der Waals surface area contributed by atoms with Crippen LogP contribution in [-0.4, -0.2) is 57.9 Å². The topological polar surface area (TPSA) is 88.1 Å². The van der Waals surface area contributed by atoms with E-state index in [2.05, 4.69) is 76.4 Å². The van der Waals surface area contributed by atoms with Crippen LogP contribution in [0.1, 0.15) is 37.4 Å². The number of nitrogens with two attached hydrogens (primary N) is 1. The van der Waals surface area contributed by atoms with Gasteiger partial charge in [-0.05, 0) is 67.1 Å². The van der Waals surface area contributed by atoms with E-state index >= 15 is 0 Å². The molecule has 3 heterocycles. The second-order valence-corrected chi connectivity index (χ2v) is 10.4. The lowest BCUT2D eigenvalue weighted by Crippen LogP contribution is -2.48. The number of piperazine rings is 1. The minimum Gasteiger partial charge on any atom is -0.369 e. The number of aromatic nitrogens is 4. The minimum absolute atomic E-state index is 0.329. The number of nitrogens with zero attached hydrogens (tertiary/aromatic N) is 6. The van der Waals surface area contributed by atoms with E-state index in [0.29, 0.717) is 23.2 Å². The predicted octanol–water partition coefficient (Wildman–Crippen LogP) is 3.43. The van der Waals surface area contributed by atoms with Crippen molar-refractivity contribution in [3.05, 3.63) is 47.7 Å². The summed E-state index contributed by atoms with van der Waals surface area (Å²) in [6.45, 7) is 9.02. The summed E-state index contributed by atoms with van der Waals surface area (Å²) < 4.78 is 1.64. The van der Waals surface area contributed by atoms with E-state index in [4.69, 9.17) is 10.7 Å². The zero-order chi connectivity index (χ0) is 22.7. The van der Waals surface area contributed by atoms with Gasteiger partial charge in [-0.3, -0.25) is 0 Å². The third-order valence-electron chi connectivity index (χ3n) is 8.11. The number of hydrogen-bond donors (Lipinski definition) is 2. The minimum atomic E-state index is 0.329. The molecule has 8 heteroatoms. The number of benzene rings is 1. The van der Waals surface area contributed by atoms with E-state index in [9.17, 15) is 0 Å². The van der Waals surface area contributed by atoms with Crippen molar-refractivity contribution < 1.29 is 0 Å². The molecule has 1 saturated carbocycles. The quantitative estimate of drug-likeness (QED) is 0.637. The van der Waals surface area contributed by atoms with Crippen LogP contribution in [0, 0.1) is 11.3 Å². The van der Waals surface area contributed by atoms with Gasteiger partial charge >= 0.3 is 0 Å². The van der Waals surface area contributed by atoms with Crippen molar-refractivity contribution in [2.45, 2.75) is 32.6 Å². The molecule has 3 aliphatic carbocycles. The molecule has 0 amide bonds. The highest BCUT2D eigenvalue weighted by Crippen LogP contribution is 2.61. The lowest BCUT2D eigenvalue weighted by molar-refractivity contribution is 0.0155. The standard InChI is InChI=1S/C25H32N8/c1-25(2)17-14-16-4-9-21(28-22(16)20(25)15-17)33-23(26)29-24(30-33)27-18-5-7-19(8-6-18)32-12-10-31(3)11-13-32/h4-9,17,20H,10-15H2,1-3H3,(H3,26,27,29,30)/t17-,20-/m0/s1. The maximum atomic E-state index is 6.23. The molecular weight excluding hydrogens is 412 g/mol. The molecule has 2 bridgehead atoms. The number of hydrogen-bond acceptors (Lipinski definition) is 7. The van der Waals surface area contributed by atoms with Crippen molar-refractivity contribution in [2.75, 3.05) is 49.2 Å². The van der Waals surface area contributed by atoms with Crippen LogP contribution < -0.4 is 16.0 Å². The molecular formula is C25H32N8. The molecule has 0 unspecified atom stereocenters. The van der Waals surface area contributed by atoms with Gasteiger partial charge in [-0.25, -0.2) is 4.98 Å². The van der Waals surface area contributed by atoms with Crippen LogP contribution >= 0.6 is 0 Å². The molecule has 172 valence electrons. The number of pyridine rings is 1. The number of nitrogens with one attached hydrogen (secondary N) is 1. The number of rotatable bonds is 4. The third kappa shape index (κ3) is 3.44. The van der Waals surface area contributed by atoms with Gasteiger partial charge in [0.1, 0.15) is 0 Å². The molecule has 8 nitrogen and oxygen atoms in total. The highest BCUT2D eigenvalue weighted by atomic mass is 15.4. The van der Waals surface area contributed by atoms with E-state index in [1.165, 1.54) is 23.4 Å². The van der Waals surface area contributed by atoms with Gasteiger partial charge in [0.25, 0.3) is 0 Å². The van der Waals surface area contributed by atoms with Gasteiger partial charge in [-0.2, -0.15) is 9.67 Å². The van der Waals surface area contributed by atoms with Gasteiger partial charge in [0.2, 0.25) is 11.9 Å². The Bertz CT molecular complexity index is 1170. The Hall–Kier alpha value is -3.13. The smallest absolute Gasteiger partial charge is 0.248 e. The maximum absolute atomic E-state index is 6.23. The van der Waals surface area contributed by atoms with Crippen molar-refractivity contribution in [2.24, 2.45) is 11.3 Å². The van der Waals surface area contributed by atoms with E-state index in [1.807, 2.05) is 6.07 Å². The Morgan fingerprint density at radius 1 is 1.00 bits per heavy atom. The zero-order valence-corrected chi connectivity index (χ0v) is 19.6. The Morgan fingerprint density at radius 2 is 1.76 bits per heavy atom. The number of nitrogen functional groups attached to an aromatic ring is 1. The maximum Gasteiger partial charge on any atom is 0.248 e. The van der Waals surface area contributed by atoms with Crippen molar-refractivity contribution >= 4 is 23.3 Å². The van der Waals surface area contributed by atoms with Gasteiger partial charge in [0.05, 0.1) is 0 Å². The molecule has 2 fully saturated rings. The zero-order valence-electron chi connectivity index (χ0n) is 19.6. The highest BCUT2D eigenvalue weighted by molar-refractivity contribution is 5.60. The van der Waals surface area contributed by atoms with Crippen LogP contribution in [0.3, 0.4) is 0 Å². The van der Waals surface area contributed by atoms with Gasteiger partial charge in [-0.15, -0.1) is 5.10 Å². The average molecular weight is 445 g/mol. The summed E-state index contributed by atoms with van der Waals surface area (Å²) in [6, 6.07) is 12.6. The molecule has 7 rings (SSSR count). The molecule has 33 heavy (non-hydrogen) atoms. The van der Waals surface area contributed by atoms with Crippen LogP contribution in [0.15, 0.2) is 36.4 Å². The molecule has 0 radical (unpaired) electrons. The fraction of sp³-hybridized carbons (Fsp3) is 0.480. The summed E-state index contributed by atoms with van der Waals surface area (Å²) >= 11 is 0. The SMILES string of the molecule is CN1CCN(c2ccc(Nc3nc(N)n(-c4ccc5c(n4)[C@@H]4C[C@H](C5)C4(C)C)n3)cc2)CC1. The van der Waals surface area contributed by atoms with Gasteiger partial charge in [0, 0.05) is 49.2 Å². The molecule has 3 aromatic rings. The van der Waals surface area contributed by atoms with Crippen LogP contribution in [0.2, 0.25) is 0 Å². The molecule has 2 atom stereocenters. The summed E-state index contributed by atoms with van der Waals surface area (Å²) in [5.74, 6) is 2.84. The van der Waals surface area contributed by atoms with Gasteiger partial charge < -0.3 is 20.9 Å². The van der Waals surface area contributed by atoms with E-state index in [0.717, 1.165) is 50.0 Å². The Morgan fingerprint density at radius 3 is 2.48 bits per heavy atom. The first kappa shape index (κ1) is 20.5. The summed E-state index contributed by atoms with van der Waals surface area (Å²) in [5, 5.41) is 7.90. The fourth-order valence-corrected chi connectivity index (χ4v) is 5.67. The van der Waals surface area contributed by atoms with Gasteiger partial charge in [-0.1, -0.05) is 19.9 Å². The van der Waals surface area contributed by atoms with Crippen LogP contribution in [0.4, 0.5) is 23.3 Å². The first-order valence-electron chi connectivity index (χ1n) is 11.9. The van der Waals surface area contributed by atoms with Crippen LogP contribution in [0.25, 0.3) is 5.82 Å². The van der Waals surface area contributed by atoms with Crippen LogP contribution in [0.5, 0.6) is 0 Å². The predicted molar refractivity (Wildman–Crippen MR) is 131 cm³/mol. The average Bonchev–Trinajstić information content (AvgIpc) is 3.19. The summed E-state index contributed by atoms with van der Waals surface area (Å²) in [6.07, 6.45) is 2.36. The molecule has 4 aliphatic rings. The van der Waals surface area contributed by atoms with Crippen molar-refractivity contribution in [3.8, 4) is 5.82 Å². The monoisotopic (exact) mass is 444 g/mol. The van der Waals surface area contributed by atoms with Crippen molar-refractivity contribution in [3.63, 3.8) is 0 Å². The van der Waals surface area contributed by atoms with E-state index in [-0.39, 0.29) is 0 Å². The Labute approximate surface area is 194 Å². The normalized spacial score (nSPS) is 23.7. The van der Waals surface area contributed by atoms with Crippen molar-refractivity contribution in [1.82, 2.24) is 24.6 Å². The Balaban J connectivity index is 1.20. The van der Waals surface area contributed by atoms with Crippen molar-refractivity contribution in [1.29, 1.82) is 0 Å². The lowest BCUT2D eigenvalue weighted by atomic mass is 9.48. The lowest BCUT2D eigenvalue weighted by Gasteiger charge is -2.56. The van der Waals surface area contributed by atoms with E-state index in [1.54, 1.807) is 4.68 Å². The summed E-state index contributed by atoms with van der Waals surface area (Å²) in [4.78, 5) is 14.2. The van der Waals surface area contributed by atoms with Gasteiger partial charge in [0.15, 0.2) is 5.82 Å². The second kappa shape index (κ2) is 7.45. The largest absolute Gasteiger partial charge is 0.369 e. The highest BCUT2D eigenvalue weighted by Gasteiger charge is 2.53. The molecule has 1 saturated heterocycles. The first-order chi connectivity index (χ1) is 15.9. The number of anilines is 4. The molecule has 2 aromatic heterocycles. The first-order valence-corrected chi connectivity index (χ1v) is 11.9. The molecule has 0 spiro atoms. The fourth-order valence-electron chi connectivity index (χ4n) is 5.67. The molecule has 1 aromatic carbocycles.